The highest BCUT2D eigenvalue weighted by molar-refractivity contribution is 7.22. The van der Waals surface area contributed by atoms with Gasteiger partial charge < -0.3 is 9.64 Å². The van der Waals surface area contributed by atoms with E-state index in [1.807, 2.05) is 19.1 Å². The van der Waals surface area contributed by atoms with Crippen molar-refractivity contribution in [1.82, 2.24) is 19.7 Å². The quantitative estimate of drug-likeness (QED) is 0.786. The van der Waals surface area contributed by atoms with Crippen molar-refractivity contribution in [2.24, 2.45) is 0 Å². The summed E-state index contributed by atoms with van der Waals surface area (Å²) in [6.07, 6.45) is 3.43. The molecule has 0 unspecified atom stereocenters. The highest BCUT2D eigenvalue weighted by Crippen LogP contribution is 2.34. The van der Waals surface area contributed by atoms with Gasteiger partial charge in [0, 0.05) is 19.1 Å². The minimum Gasteiger partial charge on any atom is -0.494 e. The molecule has 2 aromatic heterocycles. The second kappa shape index (κ2) is 6.27. The molecule has 0 radical (unpaired) electrons. The molecule has 126 valence electrons. The zero-order valence-electron chi connectivity index (χ0n) is 13.4. The number of ether oxygens (including phenoxy) is 1. The molecule has 1 N–H and O–H groups in total. The lowest BCUT2D eigenvalue weighted by Gasteiger charge is -2.31. The first-order valence-corrected chi connectivity index (χ1v) is 8.96. The summed E-state index contributed by atoms with van der Waals surface area (Å²) in [7, 11) is 0. The van der Waals surface area contributed by atoms with Crippen LogP contribution in [0.1, 0.15) is 25.8 Å². The number of nitrogens with zero attached hydrogens (tertiary/aromatic N) is 4. The molecule has 0 spiro atoms. The topological polar surface area (TPSA) is 76.0 Å². The maximum absolute atomic E-state index is 11.7. The van der Waals surface area contributed by atoms with Gasteiger partial charge in [0.1, 0.15) is 12.1 Å². The van der Waals surface area contributed by atoms with Gasteiger partial charge in [0.2, 0.25) is 0 Å². The Morgan fingerprint density at radius 2 is 2.21 bits per heavy atom. The van der Waals surface area contributed by atoms with E-state index in [0.29, 0.717) is 6.61 Å². The maximum atomic E-state index is 11.7. The third-order valence-corrected chi connectivity index (χ3v) is 5.44. The van der Waals surface area contributed by atoms with E-state index in [1.54, 1.807) is 22.2 Å². The largest absolute Gasteiger partial charge is 0.494 e. The summed E-state index contributed by atoms with van der Waals surface area (Å²) in [4.78, 5) is 18.7. The van der Waals surface area contributed by atoms with E-state index in [0.717, 1.165) is 47.0 Å². The van der Waals surface area contributed by atoms with Crippen molar-refractivity contribution in [1.29, 1.82) is 0 Å². The molecule has 0 amide bonds. The van der Waals surface area contributed by atoms with Gasteiger partial charge in [-0.3, -0.25) is 4.57 Å². The Labute approximate surface area is 142 Å². The van der Waals surface area contributed by atoms with Crippen molar-refractivity contribution >= 4 is 26.7 Å². The second-order valence-corrected chi connectivity index (χ2v) is 6.86. The molecule has 0 atom stereocenters. The lowest BCUT2D eigenvalue weighted by atomic mass is 10.1. The number of rotatable bonds is 4. The molecule has 3 aromatic rings. The molecular formula is C16H19N5O2S. The first kappa shape index (κ1) is 15.2. The predicted molar refractivity (Wildman–Crippen MR) is 94.1 cm³/mol. The van der Waals surface area contributed by atoms with Crippen LogP contribution in [0.4, 0.5) is 5.13 Å². The lowest BCUT2D eigenvalue weighted by molar-refractivity contribution is 0.341. The summed E-state index contributed by atoms with van der Waals surface area (Å²) in [5, 5.41) is 7.32. The van der Waals surface area contributed by atoms with E-state index in [-0.39, 0.29) is 11.7 Å². The van der Waals surface area contributed by atoms with Crippen LogP contribution < -0.4 is 15.3 Å². The maximum Gasteiger partial charge on any atom is 0.343 e. The van der Waals surface area contributed by atoms with Crippen LogP contribution in [-0.4, -0.2) is 39.4 Å². The van der Waals surface area contributed by atoms with Crippen LogP contribution in [0.25, 0.3) is 10.2 Å². The Balaban J connectivity index is 1.50. The molecule has 0 bridgehead atoms. The van der Waals surface area contributed by atoms with Gasteiger partial charge in [-0.2, -0.15) is 5.10 Å². The Hall–Kier alpha value is -2.35. The van der Waals surface area contributed by atoms with E-state index in [1.165, 1.54) is 0 Å². The SMILES string of the molecule is CCOc1ccc2nc(N3CCC(n4cn[nH]c4=O)CC3)sc2c1. The number of anilines is 1. The number of hydrogen-bond donors (Lipinski definition) is 1. The molecule has 3 heterocycles. The fourth-order valence-electron chi connectivity index (χ4n) is 3.14. The number of H-pyrrole nitrogens is 1. The molecule has 1 aliphatic rings. The molecule has 1 fully saturated rings. The van der Waals surface area contributed by atoms with Crippen molar-refractivity contribution in [3.8, 4) is 5.75 Å². The van der Waals surface area contributed by atoms with Crippen LogP contribution in [0, 0.1) is 0 Å². The zero-order chi connectivity index (χ0) is 16.5. The van der Waals surface area contributed by atoms with Crippen molar-refractivity contribution < 1.29 is 4.74 Å². The van der Waals surface area contributed by atoms with Gasteiger partial charge in [-0.05, 0) is 38.0 Å². The number of fused-ring (bicyclic) bond motifs is 1. The number of nitrogens with one attached hydrogen (secondary N) is 1. The van der Waals surface area contributed by atoms with Crippen molar-refractivity contribution in [2.45, 2.75) is 25.8 Å². The molecule has 7 nitrogen and oxygen atoms in total. The molecular weight excluding hydrogens is 326 g/mol. The minimum absolute atomic E-state index is 0.128. The van der Waals surface area contributed by atoms with E-state index >= 15 is 0 Å². The summed E-state index contributed by atoms with van der Waals surface area (Å²) in [5.74, 6) is 0.887. The summed E-state index contributed by atoms with van der Waals surface area (Å²) in [6, 6.07) is 6.24. The fraction of sp³-hybridized carbons (Fsp3) is 0.438. The first-order valence-electron chi connectivity index (χ1n) is 8.14. The van der Waals surface area contributed by atoms with Gasteiger partial charge in [0.15, 0.2) is 5.13 Å². The second-order valence-electron chi connectivity index (χ2n) is 5.85. The Morgan fingerprint density at radius 1 is 1.38 bits per heavy atom. The molecule has 0 saturated carbocycles. The molecule has 1 aromatic carbocycles. The Kier molecular flexibility index (Phi) is 3.97. The Morgan fingerprint density at radius 3 is 2.92 bits per heavy atom. The highest BCUT2D eigenvalue weighted by Gasteiger charge is 2.23. The van der Waals surface area contributed by atoms with Gasteiger partial charge in [-0.25, -0.2) is 14.9 Å². The van der Waals surface area contributed by atoms with Gasteiger partial charge in [0.05, 0.1) is 16.8 Å². The standard InChI is InChI=1S/C16H19N5O2S/c1-2-23-12-3-4-13-14(9-12)24-16(18-13)20-7-5-11(6-8-20)21-10-17-19-15(21)22/h3-4,9-11H,2,5-8H2,1H3,(H,19,22). The average molecular weight is 345 g/mol. The van der Waals surface area contributed by atoms with Crippen LogP contribution in [-0.2, 0) is 0 Å². The van der Waals surface area contributed by atoms with Crippen molar-refractivity contribution in [3.05, 3.63) is 35.0 Å². The highest BCUT2D eigenvalue weighted by atomic mass is 32.1. The van der Waals surface area contributed by atoms with Crippen molar-refractivity contribution in [2.75, 3.05) is 24.6 Å². The summed E-state index contributed by atoms with van der Waals surface area (Å²) >= 11 is 1.69. The average Bonchev–Trinajstić information content (AvgIpc) is 3.21. The van der Waals surface area contributed by atoms with Crippen LogP contribution in [0.15, 0.2) is 29.3 Å². The van der Waals surface area contributed by atoms with E-state index in [2.05, 4.69) is 21.2 Å². The number of hydrogen-bond acceptors (Lipinski definition) is 6. The smallest absolute Gasteiger partial charge is 0.343 e. The van der Waals surface area contributed by atoms with Gasteiger partial charge in [-0.15, -0.1) is 0 Å². The van der Waals surface area contributed by atoms with E-state index in [4.69, 9.17) is 9.72 Å². The summed E-state index contributed by atoms with van der Waals surface area (Å²) < 4.78 is 8.40. The fourth-order valence-corrected chi connectivity index (χ4v) is 4.18. The molecule has 0 aliphatic carbocycles. The number of aromatic nitrogens is 4. The monoisotopic (exact) mass is 345 g/mol. The van der Waals surface area contributed by atoms with Crippen LogP contribution in [0.3, 0.4) is 0 Å². The van der Waals surface area contributed by atoms with Crippen LogP contribution in [0.2, 0.25) is 0 Å². The number of piperidine rings is 1. The molecule has 1 aliphatic heterocycles. The van der Waals surface area contributed by atoms with Gasteiger partial charge in [0.25, 0.3) is 0 Å². The van der Waals surface area contributed by atoms with Crippen molar-refractivity contribution in [3.63, 3.8) is 0 Å². The predicted octanol–water partition coefficient (Wildman–Crippen LogP) is 2.42. The number of benzene rings is 1. The van der Waals surface area contributed by atoms with Crippen LogP contribution >= 0.6 is 11.3 Å². The number of thiazole rings is 1. The van der Waals surface area contributed by atoms with Gasteiger partial charge >= 0.3 is 5.69 Å². The zero-order valence-corrected chi connectivity index (χ0v) is 14.3. The van der Waals surface area contributed by atoms with E-state index < -0.39 is 0 Å². The van der Waals surface area contributed by atoms with Crippen LogP contribution in [0.5, 0.6) is 5.75 Å². The molecule has 8 heteroatoms. The first-order chi connectivity index (χ1) is 11.7. The normalized spacial score (nSPS) is 16.0. The van der Waals surface area contributed by atoms with E-state index in [9.17, 15) is 4.79 Å². The molecule has 4 rings (SSSR count). The third-order valence-electron chi connectivity index (χ3n) is 4.36. The van der Waals surface area contributed by atoms with Gasteiger partial charge in [-0.1, -0.05) is 11.3 Å². The summed E-state index contributed by atoms with van der Waals surface area (Å²) in [5.41, 5.74) is 0.878. The molecule has 1 saturated heterocycles. The summed E-state index contributed by atoms with van der Waals surface area (Å²) in [6.45, 7) is 4.43. The Bertz CT molecular complexity index is 891. The third kappa shape index (κ3) is 2.77. The number of aromatic amines is 1. The lowest BCUT2D eigenvalue weighted by Crippen LogP contribution is -2.36. The minimum atomic E-state index is -0.128. The molecule has 24 heavy (non-hydrogen) atoms.